The van der Waals surface area contributed by atoms with Gasteiger partial charge in [0.25, 0.3) is 0 Å². The molecule has 1 heterocycles. The Morgan fingerprint density at radius 3 is 2.58 bits per heavy atom. The standard InChI is InChI=1S/C21H27N3OS/c1-4-5-16-6-8-17(9-7-16)20(15(2)3)23-12-10-19(25)24-21-18(14-22)11-13-26-21/h6-9,11,13,15,20,23H,4-5,10,12H2,1-3H3,(H,24,25)/t20-/m0/s1. The van der Waals surface area contributed by atoms with Crippen LogP contribution in [0.3, 0.4) is 0 Å². The van der Waals surface area contributed by atoms with E-state index in [1.807, 2.05) is 5.38 Å². The van der Waals surface area contributed by atoms with Crippen molar-refractivity contribution >= 4 is 22.2 Å². The minimum atomic E-state index is -0.0720. The smallest absolute Gasteiger partial charge is 0.226 e. The summed E-state index contributed by atoms with van der Waals surface area (Å²) in [7, 11) is 0. The zero-order chi connectivity index (χ0) is 18.9. The van der Waals surface area contributed by atoms with E-state index in [4.69, 9.17) is 5.26 Å². The molecule has 0 saturated heterocycles. The molecule has 1 atom stereocenters. The van der Waals surface area contributed by atoms with Gasteiger partial charge in [0.1, 0.15) is 11.1 Å². The molecular weight excluding hydrogens is 342 g/mol. The van der Waals surface area contributed by atoms with E-state index in [0.29, 0.717) is 29.4 Å². The lowest BCUT2D eigenvalue weighted by molar-refractivity contribution is -0.116. The fourth-order valence-corrected chi connectivity index (χ4v) is 3.70. The third-order valence-corrected chi connectivity index (χ3v) is 5.13. The zero-order valence-electron chi connectivity index (χ0n) is 15.7. The SMILES string of the molecule is CCCc1ccc([C@@H](NCCC(=O)Nc2sccc2C#N)C(C)C)cc1. The maximum absolute atomic E-state index is 12.1. The van der Waals surface area contributed by atoms with Gasteiger partial charge in [-0.05, 0) is 34.9 Å². The summed E-state index contributed by atoms with van der Waals surface area (Å²) in [5, 5.41) is 17.8. The van der Waals surface area contributed by atoms with Crippen molar-refractivity contribution in [2.24, 2.45) is 5.92 Å². The Labute approximate surface area is 160 Å². The van der Waals surface area contributed by atoms with E-state index in [2.05, 4.69) is 61.7 Å². The van der Waals surface area contributed by atoms with E-state index in [9.17, 15) is 4.79 Å². The van der Waals surface area contributed by atoms with Crippen LogP contribution in [0.2, 0.25) is 0 Å². The van der Waals surface area contributed by atoms with Gasteiger partial charge < -0.3 is 10.6 Å². The molecule has 1 amide bonds. The number of hydrogen-bond donors (Lipinski definition) is 2. The Morgan fingerprint density at radius 1 is 1.23 bits per heavy atom. The summed E-state index contributed by atoms with van der Waals surface area (Å²) in [5.74, 6) is 0.356. The van der Waals surface area contributed by atoms with E-state index >= 15 is 0 Å². The van der Waals surface area contributed by atoms with Crippen LogP contribution in [0, 0.1) is 17.2 Å². The first kappa shape index (κ1) is 20.2. The molecule has 2 aromatic rings. The van der Waals surface area contributed by atoms with Crippen molar-refractivity contribution in [1.82, 2.24) is 5.32 Å². The van der Waals surface area contributed by atoms with Crippen molar-refractivity contribution in [2.45, 2.75) is 46.1 Å². The van der Waals surface area contributed by atoms with Crippen LogP contribution < -0.4 is 10.6 Å². The number of carbonyl (C=O) groups is 1. The van der Waals surface area contributed by atoms with Crippen molar-refractivity contribution in [1.29, 1.82) is 5.26 Å². The van der Waals surface area contributed by atoms with Gasteiger partial charge >= 0.3 is 0 Å². The van der Waals surface area contributed by atoms with Gasteiger partial charge in [-0.15, -0.1) is 11.3 Å². The molecule has 0 bridgehead atoms. The van der Waals surface area contributed by atoms with Crippen LogP contribution in [0.5, 0.6) is 0 Å². The lowest BCUT2D eigenvalue weighted by Gasteiger charge is -2.23. The van der Waals surface area contributed by atoms with Crippen molar-refractivity contribution in [3.05, 3.63) is 52.4 Å². The molecule has 0 saturated carbocycles. The topological polar surface area (TPSA) is 64.9 Å². The number of anilines is 1. The highest BCUT2D eigenvalue weighted by molar-refractivity contribution is 7.14. The maximum Gasteiger partial charge on any atom is 0.226 e. The Kier molecular flexibility index (Phi) is 7.83. The van der Waals surface area contributed by atoms with E-state index in [1.54, 1.807) is 6.07 Å². The minimum absolute atomic E-state index is 0.0720. The number of aryl methyl sites for hydroxylation is 1. The van der Waals surface area contributed by atoms with Gasteiger partial charge in [0.2, 0.25) is 5.91 Å². The molecule has 0 aliphatic carbocycles. The number of nitriles is 1. The lowest BCUT2D eigenvalue weighted by Crippen LogP contribution is -2.29. The van der Waals surface area contributed by atoms with Gasteiger partial charge in [-0.1, -0.05) is 51.5 Å². The summed E-state index contributed by atoms with van der Waals surface area (Å²) in [5.41, 5.74) is 3.14. The molecule has 0 aliphatic heterocycles. The molecule has 0 fully saturated rings. The second-order valence-electron chi connectivity index (χ2n) is 6.74. The molecular formula is C21H27N3OS. The lowest BCUT2D eigenvalue weighted by atomic mass is 9.94. The van der Waals surface area contributed by atoms with E-state index in [0.717, 1.165) is 12.8 Å². The highest BCUT2D eigenvalue weighted by atomic mass is 32.1. The summed E-state index contributed by atoms with van der Waals surface area (Å²) in [4.78, 5) is 12.1. The molecule has 5 heteroatoms. The van der Waals surface area contributed by atoms with Crippen LogP contribution in [0.25, 0.3) is 0 Å². The van der Waals surface area contributed by atoms with Crippen LogP contribution in [0.1, 0.15) is 56.3 Å². The van der Waals surface area contributed by atoms with Crippen LogP contribution in [0.4, 0.5) is 5.00 Å². The summed E-state index contributed by atoms with van der Waals surface area (Å²) in [6.45, 7) is 7.15. The van der Waals surface area contributed by atoms with Gasteiger partial charge in [-0.2, -0.15) is 5.26 Å². The van der Waals surface area contributed by atoms with Crippen molar-refractivity contribution < 1.29 is 4.79 Å². The van der Waals surface area contributed by atoms with Gasteiger partial charge in [-0.3, -0.25) is 4.79 Å². The monoisotopic (exact) mass is 369 g/mol. The third kappa shape index (κ3) is 5.69. The number of thiophene rings is 1. The van der Waals surface area contributed by atoms with Crippen LogP contribution in [0.15, 0.2) is 35.7 Å². The number of nitrogens with zero attached hydrogens (tertiary/aromatic N) is 1. The van der Waals surface area contributed by atoms with Gasteiger partial charge in [0, 0.05) is 19.0 Å². The summed E-state index contributed by atoms with van der Waals surface area (Å²) >= 11 is 1.37. The average molecular weight is 370 g/mol. The molecule has 1 aromatic carbocycles. The molecule has 2 rings (SSSR count). The summed E-state index contributed by atoms with van der Waals surface area (Å²) in [6, 6.07) is 12.8. The Hall–Kier alpha value is -2.16. The number of rotatable bonds is 9. The van der Waals surface area contributed by atoms with Gasteiger partial charge in [0.15, 0.2) is 0 Å². The zero-order valence-corrected chi connectivity index (χ0v) is 16.5. The number of carbonyl (C=O) groups excluding carboxylic acids is 1. The minimum Gasteiger partial charge on any atom is -0.317 e. The molecule has 4 nitrogen and oxygen atoms in total. The fourth-order valence-electron chi connectivity index (χ4n) is 2.94. The quantitative estimate of drug-likeness (QED) is 0.661. The molecule has 0 radical (unpaired) electrons. The van der Waals surface area contributed by atoms with Crippen LogP contribution >= 0.6 is 11.3 Å². The van der Waals surface area contributed by atoms with Crippen molar-refractivity contribution in [3.8, 4) is 6.07 Å². The normalized spacial score (nSPS) is 12.0. The first-order valence-electron chi connectivity index (χ1n) is 9.14. The highest BCUT2D eigenvalue weighted by Gasteiger charge is 2.16. The molecule has 138 valence electrons. The predicted molar refractivity (Wildman–Crippen MR) is 108 cm³/mol. The van der Waals surface area contributed by atoms with Gasteiger partial charge in [0.05, 0.1) is 5.56 Å². The van der Waals surface area contributed by atoms with Crippen molar-refractivity contribution in [2.75, 3.05) is 11.9 Å². The second-order valence-corrected chi connectivity index (χ2v) is 7.66. The summed E-state index contributed by atoms with van der Waals surface area (Å²) in [6.07, 6.45) is 2.63. The van der Waals surface area contributed by atoms with Crippen LogP contribution in [-0.4, -0.2) is 12.5 Å². The number of amides is 1. The maximum atomic E-state index is 12.1. The highest BCUT2D eigenvalue weighted by Crippen LogP contribution is 2.23. The fraction of sp³-hybridized carbons (Fsp3) is 0.429. The Morgan fingerprint density at radius 2 is 1.96 bits per heavy atom. The average Bonchev–Trinajstić information content (AvgIpc) is 3.06. The summed E-state index contributed by atoms with van der Waals surface area (Å²) < 4.78 is 0. The number of hydrogen-bond acceptors (Lipinski definition) is 4. The number of nitrogens with one attached hydrogen (secondary N) is 2. The van der Waals surface area contributed by atoms with E-state index < -0.39 is 0 Å². The van der Waals surface area contributed by atoms with Crippen LogP contribution in [-0.2, 0) is 11.2 Å². The van der Waals surface area contributed by atoms with E-state index in [1.165, 1.54) is 22.5 Å². The molecule has 0 spiro atoms. The molecule has 0 aliphatic rings. The third-order valence-electron chi connectivity index (χ3n) is 4.30. The van der Waals surface area contributed by atoms with Gasteiger partial charge in [-0.25, -0.2) is 0 Å². The first-order chi connectivity index (χ1) is 12.5. The molecule has 1 aromatic heterocycles. The predicted octanol–water partition coefficient (Wildman–Crippen LogP) is 4.89. The first-order valence-corrected chi connectivity index (χ1v) is 10.0. The Bertz CT molecular complexity index is 743. The largest absolute Gasteiger partial charge is 0.317 e. The number of benzene rings is 1. The molecule has 0 unspecified atom stereocenters. The second kappa shape index (κ2) is 10.1. The molecule has 26 heavy (non-hydrogen) atoms. The van der Waals surface area contributed by atoms with E-state index in [-0.39, 0.29) is 11.9 Å². The molecule has 2 N–H and O–H groups in total. The van der Waals surface area contributed by atoms with Crippen molar-refractivity contribution in [3.63, 3.8) is 0 Å². The Balaban J connectivity index is 1.88.